The van der Waals surface area contributed by atoms with Crippen molar-refractivity contribution in [3.05, 3.63) is 64.0 Å². The summed E-state index contributed by atoms with van der Waals surface area (Å²) in [5.41, 5.74) is 2.24. The highest BCUT2D eigenvalue weighted by atomic mass is 35.5. The predicted molar refractivity (Wildman–Crippen MR) is 120 cm³/mol. The fourth-order valence-electron chi connectivity index (χ4n) is 2.88. The molecule has 3 aromatic rings. The van der Waals surface area contributed by atoms with Gasteiger partial charge in [0.25, 0.3) is 0 Å². The van der Waals surface area contributed by atoms with E-state index in [4.69, 9.17) is 11.6 Å². The van der Waals surface area contributed by atoms with Crippen LogP contribution in [0.25, 0.3) is 11.3 Å². The van der Waals surface area contributed by atoms with E-state index in [9.17, 15) is 18.0 Å². The Bertz CT molecular complexity index is 1060. The van der Waals surface area contributed by atoms with Crippen molar-refractivity contribution < 1.29 is 18.0 Å². The van der Waals surface area contributed by atoms with E-state index in [2.05, 4.69) is 15.6 Å². The molecule has 0 aliphatic carbocycles. The fourth-order valence-corrected chi connectivity index (χ4v) is 3.84. The zero-order valence-electron chi connectivity index (χ0n) is 17.0. The molecule has 1 atom stereocenters. The monoisotopic (exact) mass is 467 g/mol. The molecule has 0 saturated heterocycles. The van der Waals surface area contributed by atoms with Gasteiger partial charge in [0, 0.05) is 10.9 Å². The van der Waals surface area contributed by atoms with Crippen molar-refractivity contribution >= 4 is 39.7 Å². The summed E-state index contributed by atoms with van der Waals surface area (Å²) >= 11 is 7.33. The lowest BCUT2D eigenvalue weighted by atomic mass is 10.0. The van der Waals surface area contributed by atoms with E-state index in [-0.39, 0.29) is 22.5 Å². The molecule has 2 N–H and O–H groups in total. The Balaban J connectivity index is 1.74. The molecule has 3 rings (SSSR count). The summed E-state index contributed by atoms with van der Waals surface area (Å²) in [5.74, 6) is -0.509. The second-order valence-electron chi connectivity index (χ2n) is 7.45. The molecular formula is C22H21ClF3N3OS. The fraction of sp³-hybridized carbons (Fsp3) is 0.273. The van der Waals surface area contributed by atoms with Gasteiger partial charge in [-0.3, -0.25) is 4.79 Å². The summed E-state index contributed by atoms with van der Waals surface area (Å²) < 4.78 is 38.6. The molecule has 2 aromatic carbocycles. The van der Waals surface area contributed by atoms with E-state index in [0.717, 1.165) is 29.0 Å². The number of nitrogens with zero attached hydrogens (tertiary/aromatic N) is 1. The smallest absolute Gasteiger partial charge is 0.372 e. The summed E-state index contributed by atoms with van der Waals surface area (Å²) in [6, 6.07) is 10.2. The summed E-state index contributed by atoms with van der Waals surface area (Å²) in [4.78, 5) is 17.3. The average Bonchev–Trinajstić information content (AvgIpc) is 3.14. The van der Waals surface area contributed by atoms with Crippen molar-refractivity contribution in [2.75, 3.05) is 10.6 Å². The average molecular weight is 468 g/mol. The zero-order chi connectivity index (χ0) is 22.8. The van der Waals surface area contributed by atoms with Gasteiger partial charge in [-0.05, 0) is 31.0 Å². The minimum absolute atomic E-state index is 0.107. The molecule has 1 heterocycles. The molecular weight excluding hydrogens is 447 g/mol. The van der Waals surface area contributed by atoms with Gasteiger partial charge in [0.1, 0.15) is 6.04 Å². The second-order valence-corrected chi connectivity index (χ2v) is 8.72. The van der Waals surface area contributed by atoms with Crippen LogP contribution in [0.1, 0.15) is 25.0 Å². The minimum Gasteiger partial charge on any atom is -0.372 e. The van der Waals surface area contributed by atoms with Crippen molar-refractivity contribution in [3.8, 4) is 11.3 Å². The molecule has 0 spiro atoms. The SMILES string of the molecule is Cc1ccc(-c2csc(NC(=O)C(Nc3ccc(C(F)(F)F)cc3Cl)C(C)C)n2)cc1. The molecule has 4 nitrogen and oxygen atoms in total. The van der Waals surface area contributed by atoms with Gasteiger partial charge in [-0.1, -0.05) is 55.3 Å². The number of hydrogen-bond donors (Lipinski definition) is 2. The molecule has 164 valence electrons. The number of carbonyl (C=O) groups is 1. The number of thiazole rings is 1. The predicted octanol–water partition coefficient (Wildman–Crippen LogP) is 6.87. The van der Waals surface area contributed by atoms with Gasteiger partial charge in [0.2, 0.25) is 5.91 Å². The maximum absolute atomic E-state index is 12.9. The Morgan fingerprint density at radius 1 is 1.13 bits per heavy atom. The van der Waals surface area contributed by atoms with Crippen molar-refractivity contribution in [1.82, 2.24) is 4.98 Å². The van der Waals surface area contributed by atoms with Crippen LogP contribution >= 0.6 is 22.9 Å². The van der Waals surface area contributed by atoms with E-state index in [1.165, 1.54) is 17.4 Å². The highest BCUT2D eigenvalue weighted by molar-refractivity contribution is 7.14. The van der Waals surface area contributed by atoms with Crippen LogP contribution in [0.15, 0.2) is 47.8 Å². The van der Waals surface area contributed by atoms with Gasteiger partial charge in [-0.2, -0.15) is 13.2 Å². The van der Waals surface area contributed by atoms with Crippen LogP contribution in [-0.2, 0) is 11.0 Å². The van der Waals surface area contributed by atoms with Gasteiger partial charge < -0.3 is 10.6 Å². The number of benzene rings is 2. The Morgan fingerprint density at radius 2 is 1.81 bits per heavy atom. The first-order valence-electron chi connectivity index (χ1n) is 9.51. The highest BCUT2D eigenvalue weighted by Crippen LogP contribution is 2.34. The summed E-state index contributed by atoms with van der Waals surface area (Å²) in [6.45, 7) is 5.65. The van der Waals surface area contributed by atoms with E-state index in [1.807, 2.05) is 50.4 Å². The first-order valence-corrected chi connectivity index (χ1v) is 10.8. The molecule has 0 radical (unpaired) electrons. The maximum Gasteiger partial charge on any atom is 0.416 e. The quantitative estimate of drug-likeness (QED) is 0.416. The number of amides is 1. The lowest BCUT2D eigenvalue weighted by Crippen LogP contribution is -2.39. The lowest BCUT2D eigenvalue weighted by molar-refractivity contribution is -0.137. The number of halogens is 4. The standard InChI is InChI=1S/C22H21ClF3N3OS/c1-12(2)19(27-17-9-8-15(10-16(17)23)22(24,25)26)20(30)29-21-28-18(11-31-21)14-6-4-13(3)5-7-14/h4-12,19,27H,1-3H3,(H,28,29,30). The molecule has 0 aliphatic rings. The number of aryl methyl sites for hydroxylation is 1. The van der Waals surface area contributed by atoms with Crippen LogP contribution in [-0.4, -0.2) is 16.9 Å². The summed E-state index contributed by atoms with van der Waals surface area (Å²) in [5, 5.41) is 7.92. The number of rotatable bonds is 6. The third-order valence-corrected chi connectivity index (χ3v) is 5.71. The molecule has 0 bridgehead atoms. The first kappa shape index (κ1) is 23.1. The molecule has 1 aromatic heterocycles. The zero-order valence-corrected chi connectivity index (χ0v) is 18.6. The second kappa shape index (κ2) is 9.28. The first-order chi connectivity index (χ1) is 14.5. The normalized spacial score (nSPS) is 12.6. The van der Waals surface area contributed by atoms with E-state index >= 15 is 0 Å². The van der Waals surface area contributed by atoms with Crippen LogP contribution < -0.4 is 10.6 Å². The van der Waals surface area contributed by atoms with E-state index in [0.29, 0.717) is 5.13 Å². The number of hydrogen-bond acceptors (Lipinski definition) is 4. The number of anilines is 2. The Kier molecular flexibility index (Phi) is 6.91. The van der Waals surface area contributed by atoms with Crippen molar-refractivity contribution in [1.29, 1.82) is 0 Å². The number of nitrogens with one attached hydrogen (secondary N) is 2. The van der Waals surface area contributed by atoms with Gasteiger partial charge in [0.05, 0.1) is 22.0 Å². The van der Waals surface area contributed by atoms with Crippen LogP contribution in [0, 0.1) is 12.8 Å². The number of aromatic nitrogens is 1. The molecule has 9 heteroatoms. The molecule has 1 unspecified atom stereocenters. The van der Waals surface area contributed by atoms with E-state index < -0.39 is 17.8 Å². The van der Waals surface area contributed by atoms with Crippen LogP contribution in [0.5, 0.6) is 0 Å². The van der Waals surface area contributed by atoms with Gasteiger partial charge in [0.15, 0.2) is 5.13 Å². The van der Waals surface area contributed by atoms with Crippen LogP contribution in [0.4, 0.5) is 24.0 Å². The Hall–Kier alpha value is -2.58. The van der Waals surface area contributed by atoms with Crippen molar-refractivity contribution in [2.24, 2.45) is 5.92 Å². The van der Waals surface area contributed by atoms with Gasteiger partial charge in [-0.25, -0.2) is 4.98 Å². The minimum atomic E-state index is -4.49. The molecule has 0 aliphatic heterocycles. The third-order valence-electron chi connectivity index (χ3n) is 4.64. The largest absolute Gasteiger partial charge is 0.416 e. The van der Waals surface area contributed by atoms with Crippen LogP contribution in [0.2, 0.25) is 5.02 Å². The topological polar surface area (TPSA) is 54.0 Å². The van der Waals surface area contributed by atoms with Gasteiger partial charge >= 0.3 is 6.18 Å². The molecule has 31 heavy (non-hydrogen) atoms. The number of alkyl halides is 3. The molecule has 0 fully saturated rings. The summed E-state index contributed by atoms with van der Waals surface area (Å²) in [7, 11) is 0. The van der Waals surface area contributed by atoms with Crippen LogP contribution in [0.3, 0.4) is 0 Å². The van der Waals surface area contributed by atoms with E-state index in [1.54, 1.807) is 0 Å². The highest BCUT2D eigenvalue weighted by Gasteiger charge is 2.31. The Labute approximate surface area is 187 Å². The number of carbonyl (C=O) groups excluding carboxylic acids is 1. The van der Waals surface area contributed by atoms with Crippen molar-refractivity contribution in [3.63, 3.8) is 0 Å². The third kappa shape index (κ3) is 5.77. The summed E-state index contributed by atoms with van der Waals surface area (Å²) in [6.07, 6.45) is -4.49. The molecule has 1 amide bonds. The molecule has 0 saturated carbocycles. The van der Waals surface area contributed by atoms with Gasteiger partial charge in [-0.15, -0.1) is 11.3 Å². The maximum atomic E-state index is 12.9. The Morgan fingerprint density at radius 3 is 2.39 bits per heavy atom. The lowest BCUT2D eigenvalue weighted by Gasteiger charge is -2.23. The van der Waals surface area contributed by atoms with Crippen molar-refractivity contribution in [2.45, 2.75) is 33.0 Å².